The van der Waals surface area contributed by atoms with E-state index >= 15 is 0 Å². The molecule has 2 saturated heterocycles. The lowest BCUT2D eigenvalue weighted by atomic mass is 9.74. The van der Waals surface area contributed by atoms with E-state index in [0.717, 1.165) is 115 Å². The number of likely N-dealkylation sites (tertiary alicyclic amines) is 1. The van der Waals surface area contributed by atoms with Crippen molar-refractivity contribution in [1.29, 1.82) is 0 Å². The zero-order valence-corrected chi connectivity index (χ0v) is 30.5. The zero-order valence-electron chi connectivity index (χ0n) is 30.5. The molecule has 2 aliphatic rings. The second kappa shape index (κ2) is 15.2. The van der Waals surface area contributed by atoms with Gasteiger partial charge in [0.25, 0.3) is 0 Å². The van der Waals surface area contributed by atoms with Crippen LogP contribution >= 0.6 is 0 Å². The molecule has 0 unspecified atom stereocenters. The fourth-order valence-corrected chi connectivity index (χ4v) is 7.92. The van der Waals surface area contributed by atoms with Crippen molar-refractivity contribution in [2.24, 2.45) is 5.41 Å². The summed E-state index contributed by atoms with van der Waals surface area (Å²) in [6.45, 7) is 23.4. The van der Waals surface area contributed by atoms with Crippen molar-refractivity contribution in [3.8, 4) is 22.9 Å². The Morgan fingerprint density at radius 3 is 2.52 bits per heavy atom. The third-order valence-electron chi connectivity index (χ3n) is 10.7. The van der Waals surface area contributed by atoms with Gasteiger partial charge in [-0.3, -0.25) is 9.89 Å². The van der Waals surface area contributed by atoms with Crippen LogP contribution in [-0.2, 0) is 4.79 Å². The highest BCUT2D eigenvalue weighted by Crippen LogP contribution is 2.47. The number of anilines is 1. The van der Waals surface area contributed by atoms with E-state index in [-0.39, 0.29) is 17.4 Å². The number of fused-ring (bicyclic) bond motifs is 2. The average molecular weight is 680 g/mol. The molecule has 10 heteroatoms. The number of rotatable bonds is 13. The van der Waals surface area contributed by atoms with Gasteiger partial charge in [0.15, 0.2) is 5.75 Å². The van der Waals surface area contributed by atoms with Crippen molar-refractivity contribution in [2.75, 3.05) is 44.2 Å². The summed E-state index contributed by atoms with van der Waals surface area (Å²) in [7, 11) is 0. The van der Waals surface area contributed by atoms with Gasteiger partial charge >= 0.3 is 6.01 Å². The molecule has 10 nitrogen and oxygen atoms in total. The summed E-state index contributed by atoms with van der Waals surface area (Å²) in [4.78, 5) is 27.3. The Morgan fingerprint density at radius 1 is 1.10 bits per heavy atom. The molecule has 0 radical (unpaired) electrons. The van der Waals surface area contributed by atoms with E-state index in [1.807, 2.05) is 19.2 Å². The van der Waals surface area contributed by atoms with Gasteiger partial charge in [-0.2, -0.15) is 15.1 Å². The van der Waals surface area contributed by atoms with Crippen molar-refractivity contribution in [1.82, 2.24) is 30.4 Å². The van der Waals surface area contributed by atoms with Crippen LogP contribution in [0.5, 0.6) is 11.8 Å². The molecule has 266 valence electrons. The minimum atomic E-state index is -0.122. The molecule has 2 aromatic heterocycles. The van der Waals surface area contributed by atoms with Gasteiger partial charge in [-0.05, 0) is 100 Å². The number of hydrogen-bond donors (Lipinski definition) is 2. The maximum Gasteiger partial charge on any atom is 0.319 e. The van der Waals surface area contributed by atoms with Crippen LogP contribution in [0.2, 0.25) is 0 Å². The summed E-state index contributed by atoms with van der Waals surface area (Å²) >= 11 is 0. The fourth-order valence-electron chi connectivity index (χ4n) is 7.92. The van der Waals surface area contributed by atoms with Gasteiger partial charge in [0.05, 0.1) is 18.3 Å². The lowest BCUT2D eigenvalue weighted by molar-refractivity contribution is -0.117. The maximum atomic E-state index is 12.1. The number of nitrogens with one attached hydrogen (secondary N) is 2. The minimum absolute atomic E-state index is 0.0210. The molecular formula is C40H53N7O3. The molecule has 0 atom stereocenters. The fraction of sp³-hybridized carbons (Fsp3) is 0.500. The largest absolute Gasteiger partial charge is 0.491 e. The number of carbonyl (C=O) groups excluding carboxylic acids is 1. The Morgan fingerprint density at radius 2 is 1.86 bits per heavy atom. The summed E-state index contributed by atoms with van der Waals surface area (Å²) in [5.41, 5.74) is 5.75. The minimum Gasteiger partial charge on any atom is -0.491 e. The predicted octanol–water partition coefficient (Wildman–Crippen LogP) is 7.46. The van der Waals surface area contributed by atoms with Crippen LogP contribution in [-0.4, -0.2) is 82.4 Å². The van der Waals surface area contributed by atoms with Gasteiger partial charge in [0.1, 0.15) is 17.4 Å². The second-order valence-electron chi connectivity index (χ2n) is 14.2. The monoisotopic (exact) mass is 679 g/mol. The van der Waals surface area contributed by atoms with Gasteiger partial charge < -0.3 is 24.6 Å². The molecule has 4 heterocycles. The first-order valence-electron chi connectivity index (χ1n) is 18.3. The Bertz CT molecular complexity index is 1850. The topological polar surface area (TPSA) is 109 Å². The van der Waals surface area contributed by atoms with E-state index in [1.54, 1.807) is 0 Å². The number of piperidine rings is 2. The highest BCUT2D eigenvalue weighted by molar-refractivity contribution is 6.07. The van der Waals surface area contributed by atoms with Gasteiger partial charge in [0, 0.05) is 55.1 Å². The third-order valence-corrected chi connectivity index (χ3v) is 10.7. The van der Waals surface area contributed by atoms with Gasteiger partial charge in [-0.1, -0.05) is 38.6 Å². The summed E-state index contributed by atoms with van der Waals surface area (Å²) in [5, 5.41) is 12.5. The first-order chi connectivity index (χ1) is 24.2. The molecular weight excluding hydrogens is 626 g/mol. The van der Waals surface area contributed by atoms with Crippen LogP contribution in [0.3, 0.4) is 0 Å². The molecule has 0 saturated carbocycles. The molecule has 0 bridgehead atoms. The van der Waals surface area contributed by atoms with Crippen LogP contribution in [0.4, 0.5) is 5.82 Å². The predicted molar refractivity (Wildman–Crippen MR) is 203 cm³/mol. The van der Waals surface area contributed by atoms with Crippen LogP contribution in [0.1, 0.15) is 77.3 Å². The Labute approximate surface area is 296 Å². The lowest BCUT2D eigenvalue weighted by Gasteiger charge is -2.42. The van der Waals surface area contributed by atoms with E-state index in [0.29, 0.717) is 31.0 Å². The van der Waals surface area contributed by atoms with Crippen LogP contribution in [0.25, 0.3) is 39.0 Å². The Hall–Kier alpha value is -4.44. The van der Waals surface area contributed by atoms with E-state index in [9.17, 15) is 4.79 Å². The molecule has 6 rings (SSSR count). The van der Waals surface area contributed by atoms with E-state index < -0.39 is 0 Å². The highest BCUT2D eigenvalue weighted by atomic mass is 16.5. The number of carbonyl (C=O) groups is 1. The quantitative estimate of drug-likeness (QED) is 0.140. The number of hydrogen-bond acceptors (Lipinski definition) is 8. The first-order valence-corrected chi connectivity index (χ1v) is 18.3. The normalized spacial score (nSPS) is 17.0. The lowest BCUT2D eigenvalue weighted by Crippen LogP contribution is -2.46. The van der Waals surface area contributed by atoms with Gasteiger partial charge in [0.2, 0.25) is 5.91 Å². The number of aromatic nitrogens is 4. The first kappa shape index (κ1) is 35.4. The smallest absolute Gasteiger partial charge is 0.319 e. The SMILES string of the molecule is C=CC(=O)NCC1(CCC)CCN(c2nc(OC3CCN(C(C)C)CC3)nc3c(OCC)c(-c4c(C)ccc5[nH]ncc45)c(C=C)cc23)CC1. The van der Waals surface area contributed by atoms with Crippen molar-refractivity contribution >= 4 is 39.6 Å². The molecule has 2 fully saturated rings. The number of H-pyrrole nitrogens is 1. The van der Waals surface area contributed by atoms with Crippen molar-refractivity contribution in [3.05, 3.63) is 54.8 Å². The zero-order chi connectivity index (χ0) is 35.4. The molecule has 0 aliphatic carbocycles. The maximum absolute atomic E-state index is 12.1. The summed E-state index contributed by atoms with van der Waals surface area (Å²) < 4.78 is 13.3. The average Bonchev–Trinajstić information content (AvgIpc) is 3.60. The van der Waals surface area contributed by atoms with Crippen LogP contribution < -0.4 is 19.7 Å². The van der Waals surface area contributed by atoms with Crippen molar-refractivity contribution in [3.63, 3.8) is 0 Å². The molecule has 4 aromatic rings. The Kier molecular flexibility index (Phi) is 10.8. The van der Waals surface area contributed by atoms with Crippen molar-refractivity contribution in [2.45, 2.75) is 85.3 Å². The molecule has 1 amide bonds. The molecule has 2 aliphatic heterocycles. The van der Waals surface area contributed by atoms with E-state index in [2.05, 4.69) is 84.4 Å². The summed E-state index contributed by atoms with van der Waals surface area (Å²) in [6, 6.07) is 7.23. The number of benzene rings is 2. The van der Waals surface area contributed by atoms with E-state index in [4.69, 9.17) is 19.4 Å². The van der Waals surface area contributed by atoms with Crippen molar-refractivity contribution < 1.29 is 14.3 Å². The number of amides is 1. The molecule has 2 N–H and O–H groups in total. The molecule has 2 aromatic carbocycles. The number of ether oxygens (including phenoxy) is 2. The number of nitrogens with zero attached hydrogens (tertiary/aromatic N) is 5. The third kappa shape index (κ3) is 7.08. The van der Waals surface area contributed by atoms with Gasteiger partial charge in [-0.25, -0.2) is 0 Å². The summed E-state index contributed by atoms with van der Waals surface area (Å²) in [6.07, 6.45) is 11.0. The molecule has 50 heavy (non-hydrogen) atoms. The van der Waals surface area contributed by atoms with Crippen LogP contribution in [0, 0.1) is 12.3 Å². The van der Waals surface area contributed by atoms with E-state index in [1.165, 1.54) is 6.08 Å². The second-order valence-corrected chi connectivity index (χ2v) is 14.2. The summed E-state index contributed by atoms with van der Waals surface area (Å²) in [5.74, 6) is 1.42. The van der Waals surface area contributed by atoms with Crippen LogP contribution in [0.15, 0.2) is 43.6 Å². The highest BCUT2D eigenvalue weighted by Gasteiger charge is 2.36. The Balaban J connectivity index is 1.47. The standard InChI is InChI=1S/C40H53N7O3/c1-8-16-40(25-41-33(48)10-3)17-21-47(22-18-40)38-30-23-28(9-2)35(34-27(7)12-13-32-31(34)24-42-45-32)37(49-11-4)36(30)43-39(44-38)50-29-14-19-46(20-15-29)26(5)6/h9-10,12-13,23-24,26,29H,2-3,8,11,14-22,25H2,1,4-7H3,(H,41,48)(H,42,45). The molecule has 0 spiro atoms. The van der Waals surface area contributed by atoms with Gasteiger partial charge in [-0.15, -0.1) is 0 Å². The number of aryl methyl sites for hydroxylation is 1. The number of aromatic amines is 1.